The van der Waals surface area contributed by atoms with Crippen molar-refractivity contribution in [2.75, 3.05) is 6.54 Å². The lowest BCUT2D eigenvalue weighted by atomic mass is 10.1. The Morgan fingerprint density at radius 1 is 1.57 bits per heavy atom. The van der Waals surface area contributed by atoms with Gasteiger partial charge in [0.05, 0.1) is 12.1 Å². The molecule has 1 rings (SSSR count). The summed E-state index contributed by atoms with van der Waals surface area (Å²) in [5.41, 5.74) is 5.25. The number of carboxylic acids is 1. The fraction of sp³-hybridized carbons (Fsp3) is 0.100. The number of halogens is 1. The molecular weight excluding hydrogens is 185 g/mol. The van der Waals surface area contributed by atoms with Gasteiger partial charge in [0.15, 0.2) is 0 Å². The Hall–Kier alpha value is -1.86. The first-order valence-electron chi connectivity index (χ1n) is 3.87. The van der Waals surface area contributed by atoms with Crippen LogP contribution in [-0.2, 0) is 0 Å². The lowest BCUT2D eigenvalue weighted by Crippen LogP contribution is -2.01. The molecule has 0 amide bonds. The second kappa shape index (κ2) is 4.40. The van der Waals surface area contributed by atoms with Gasteiger partial charge in [-0.25, -0.2) is 9.18 Å². The molecule has 0 saturated heterocycles. The lowest BCUT2D eigenvalue weighted by Gasteiger charge is -1.98. The molecule has 4 heteroatoms. The molecule has 0 radical (unpaired) electrons. The Labute approximate surface area is 80.4 Å². The van der Waals surface area contributed by atoms with Crippen LogP contribution in [0.15, 0.2) is 18.2 Å². The summed E-state index contributed by atoms with van der Waals surface area (Å²) in [6.07, 6.45) is 0. The van der Waals surface area contributed by atoms with Crippen LogP contribution in [-0.4, -0.2) is 17.6 Å². The number of rotatable bonds is 1. The summed E-state index contributed by atoms with van der Waals surface area (Å²) < 4.78 is 12.7. The van der Waals surface area contributed by atoms with Gasteiger partial charge in [-0.1, -0.05) is 11.8 Å². The van der Waals surface area contributed by atoms with E-state index in [2.05, 4.69) is 11.8 Å². The molecule has 0 heterocycles. The fourth-order valence-electron chi connectivity index (χ4n) is 0.953. The number of hydrogen-bond acceptors (Lipinski definition) is 2. The molecular formula is C10H8FNO2. The molecule has 14 heavy (non-hydrogen) atoms. The molecule has 1 aromatic carbocycles. The molecule has 72 valence electrons. The number of aromatic carboxylic acids is 1. The molecule has 3 N–H and O–H groups in total. The van der Waals surface area contributed by atoms with E-state index in [4.69, 9.17) is 10.8 Å². The van der Waals surface area contributed by atoms with Crippen molar-refractivity contribution in [2.45, 2.75) is 0 Å². The third kappa shape index (κ3) is 2.31. The monoisotopic (exact) mass is 193 g/mol. The minimum Gasteiger partial charge on any atom is -0.478 e. The topological polar surface area (TPSA) is 63.3 Å². The van der Waals surface area contributed by atoms with Crippen molar-refractivity contribution in [2.24, 2.45) is 5.73 Å². The van der Waals surface area contributed by atoms with Crippen LogP contribution < -0.4 is 5.73 Å². The number of carboxylic acid groups (broad SMARTS) is 1. The van der Waals surface area contributed by atoms with E-state index in [9.17, 15) is 9.18 Å². The van der Waals surface area contributed by atoms with E-state index < -0.39 is 11.8 Å². The number of carbonyl (C=O) groups is 1. The summed E-state index contributed by atoms with van der Waals surface area (Å²) in [5, 5.41) is 8.73. The standard InChI is InChI=1S/C10H8FNO2/c11-8-3-4-9(10(13)14)7(6-8)2-1-5-12/h3-4,6H,5,12H2,(H,13,14). The number of nitrogens with two attached hydrogens (primary N) is 1. The highest BCUT2D eigenvalue weighted by Crippen LogP contribution is 2.09. The van der Waals surface area contributed by atoms with Crippen molar-refractivity contribution in [3.8, 4) is 11.8 Å². The predicted octanol–water partition coefficient (Wildman–Crippen LogP) is 0.834. The first-order chi connectivity index (χ1) is 6.65. The summed E-state index contributed by atoms with van der Waals surface area (Å²) in [6, 6.07) is 3.33. The van der Waals surface area contributed by atoms with E-state index in [0.29, 0.717) is 0 Å². The fourth-order valence-corrected chi connectivity index (χ4v) is 0.953. The largest absolute Gasteiger partial charge is 0.478 e. The van der Waals surface area contributed by atoms with Gasteiger partial charge < -0.3 is 10.8 Å². The summed E-state index contributed by atoms with van der Waals surface area (Å²) in [7, 11) is 0. The summed E-state index contributed by atoms with van der Waals surface area (Å²) in [6.45, 7) is 0.107. The molecule has 0 aromatic heterocycles. The van der Waals surface area contributed by atoms with Crippen LogP contribution in [0.4, 0.5) is 4.39 Å². The Balaban J connectivity index is 3.22. The van der Waals surface area contributed by atoms with E-state index in [1.54, 1.807) is 0 Å². The highest BCUT2D eigenvalue weighted by Gasteiger charge is 2.08. The van der Waals surface area contributed by atoms with E-state index >= 15 is 0 Å². The Morgan fingerprint density at radius 2 is 2.29 bits per heavy atom. The van der Waals surface area contributed by atoms with E-state index in [1.807, 2.05) is 0 Å². The smallest absolute Gasteiger partial charge is 0.336 e. The Bertz CT molecular complexity index is 418. The van der Waals surface area contributed by atoms with E-state index in [1.165, 1.54) is 6.07 Å². The van der Waals surface area contributed by atoms with Crippen molar-refractivity contribution in [1.82, 2.24) is 0 Å². The molecule has 0 atom stereocenters. The highest BCUT2D eigenvalue weighted by molar-refractivity contribution is 5.90. The second-order valence-corrected chi connectivity index (χ2v) is 2.50. The molecule has 0 aliphatic carbocycles. The maximum absolute atomic E-state index is 12.7. The van der Waals surface area contributed by atoms with Crippen LogP contribution >= 0.6 is 0 Å². The molecule has 0 aliphatic rings. The van der Waals surface area contributed by atoms with Crippen LogP contribution in [0.3, 0.4) is 0 Å². The maximum atomic E-state index is 12.7. The van der Waals surface area contributed by atoms with Crippen molar-refractivity contribution in [1.29, 1.82) is 0 Å². The summed E-state index contributed by atoms with van der Waals surface area (Å²) >= 11 is 0. The van der Waals surface area contributed by atoms with Crippen LogP contribution in [0.25, 0.3) is 0 Å². The van der Waals surface area contributed by atoms with Crippen molar-refractivity contribution in [3.05, 3.63) is 35.1 Å². The second-order valence-electron chi connectivity index (χ2n) is 2.50. The van der Waals surface area contributed by atoms with Gasteiger partial charge in [0.1, 0.15) is 5.82 Å². The zero-order valence-corrected chi connectivity index (χ0v) is 7.25. The third-order valence-corrected chi connectivity index (χ3v) is 1.54. The Kier molecular flexibility index (Phi) is 3.21. The first-order valence-corrected chi connectivity index (χ1v) is 3.87. The molecule has 0 bridgehead atoms. The minimum absolute atomic E-state index is 0.0210. The zero-order valence-electron chi connectivity index (χ0n) is 7.25. The minimum atomic E-state index is -1.13. The quantitative estimate of drug-likeness (QED) is 0.649. The van der Waals surface area contributed by atoms with Crippen molar-refractivity contribution < 1.29 is 14.3 Å². The molecule has 0 unspecified atom stereocenters. The first kappa shape index (κ1) is 10.2. The van der Waals surface area contributed by atoms with Gasteiger partial charge in [0.25, 0.3) is 0 Å². The number of hydrogen-bond donors (Lipinski definition) is 2. The van der Waals surface area contributed by atoms with Gasteiger partial charge in [-0.05, 0) is 18.2 Å². The predicted molar refractivity (Wildman–Crippen MR) is 49.3 cm³/mol. The summed E-state index contributed by atoms with van der Waals surface area (Å²) in [5.74, 6) is 3.32. The molecule has 0 aliphatic heterocycles. The van der Waals surface area contributed by atoms with Gasteiger partial charge in [0, 0.05) is 5.56 Å². The Morgan fingerprint density at radius 3 is 2.86 bits per heavy atom. The van der Waals surface area contributed by atoms with Gasteiger partial charge in [0.2, 0.25) is 0 Å². The molecule has 0 fully saturated rings. The van der Waals surface area contributed by atoms with Gasteiger partial charge in [-0.15, -0.1) is 0 Å². The molecule has 0 saturated carbocycles. The normalized spacial score (nSPS) is 9.00. The zero-order chi connectivity index (χ0) is 10.6. The summed E-state index contributed by atoms with van der Waals surface area (Å²) in [4.78, 5) is 10.7. The highest BCUT2D eigenvalue weighted by atomic mass is 19.1. The maximum Gasteiger partial charge on any atom is 0.336 e. The van der Waals surface area contributed by atoms with Crippen LogP contribution in [0.2, 0.25) is 0 Å². The SMILES string of the molecule is NCC#Cc1cc(F)ccc1C(=O)O. The van der Waals surface area contributed by atoms with Crippen LogP contribution in [0, 0.1) is 17.7 Å². The van der Waals surface area contributed by atoms with Crippen molar-refractivity contribution in [3.63, 3.8) is 0 Å². The van der Waals surface area contributed by atoms with Crippen molar-refractivity contribution >= 4 is 5.97 Å². The van der Waals surface area contributed by atoms with E-state index in [0.717, 1.165) is 12.1 Å². The van der Waals surface area contributed by atoms with Gasteiger partial charge >= 0.3 is 5.97 Å². The average molecular weight is 193 g/mol. The third-order valence-electron chi connectivity index (χ3n) is 1.54. The molecule has 0 spiro atoms. The van der Waals surface area contributed by atoms with Crippen LogP contribution in [0.5, 0.6) is 0 Å². The van der Waals surface area contributed by atoms with Crippen LogP contribution in [0.1, 0.15) is 15.9 Å². The average Bonchev–Trinajstić information content (AvgIpc) is 2.14. The lowest BCUT2D eigenvalue weighted by molar-refractivity contribution is 0.0696. The molecule has 3 nitrogen and oxygen atoms in total. The van der Waals surface area contributed by atoms with E-state index in [-0.39, 0.29) is 17.7 Å². The van der Waals surface area contributed by atoms with Gasteiger partial charge in [-0.3, -0.25) is 0 Å². The molecule has 1 aromatic rings. The van der Waals surface area contributed by atoms with Gasteiger partial charge in [-0.2, -0.15) is 0 Å². The number of benzene rings is 1.